The summed E-state index contributed by atoms with van der Waals surface area (Å²) >= 11 is 0. The monoisotopic (exact) mass is 462 g/mol. The van der Waals surface area contributed by atoms with E-state index < -0.39 is 12.1 Å². The highest BCUT2D eigenvalue weighted by atomic mass is 19.1. The lowest BCUT2D eigenvalue weighted by molar-refractivity contribution is -0.117. The second-order valence-electron chi connectivity index (χ2n) is 9.08. The van der Waals surface area contributed by atoms with Crippen LogP contribution >= 0.6 is 0 Å². The van der Waals surface area contributed by atoms with E-state index in [4.69, 9.17) is 4.98 Å². The molecule has 0 radical (unpaired) electrons. The molecule has 1 saturated heterocycles. The Morgan fingerprint density at radius 3 is 2.65 bits per heavy atom. The molecule has 178 valence electrons. The molecule has 1 N–H and O–H groups in total. The highest BCUT2D eigenvalue weighted by molar-refractivity contribution is 6.03. The van der Waals surface area contributed by atoms with Crippen molar-refractivity contribution in [2.45, 2.75) is 52.6 Å². The van der Waals surface area contributed by atoms with E-state index in [1.54, 1.807) is 17.2 Å². The molecule has 2 unspecified atom stereocenters. The maximum absolute atomic E-state index is 13.3. The number of likely N-dealkylation sites (tertiary alicyclic amines) is 1. The van der Waals surface area contributed by atoms with Crippen LogP contribution in [0.3, 0.4) is 0 Å². The number of aromatic nitrogens is 2. The predicted molar refractivity (Wildman–Crippen MR) is 133 cm³/mol. The van der Waals surface area contributed by atoms with Gasteiger partial charge in [-0.3, -0.25) is 9.59 Å². The number of nitrogens with zero attached hydrogens (tertiary/aromatic N) is 3. The van der Waals surface area contributed by atoms with Crippen LogP contribution in [0.15, 0.2) is 48.2 Å². The van der Waals surface area contributed by atoms with Gasteiger partial charge in [0.15, 0.2) is 0 Å². The van der Waals surface area contributed by atoms with Crippen molar-refractivity contribution in [3.05, 3.63) is 59.5 Å². The predicted octanol–water partition coefficient (Wildman–Crippen LogP) is 5.48. The number of allylic oxidation sites excluding steroid dienone is 5. The molecule has 4 rings (SSSR count). The minimum Gasteiger partial charge on any atom is -0.337 e. The van der Waals surface area contributed by atoms with E-state index in [-0.39, 0.29) is 18.2 Å². The number of anilines is 1. The summed E-state index contributed by atoms with van der Waals surface area (Å²) in [7, 11) is 0. The van der Waals surface area contributed by atoms with Gasteiger partial charge in [0.2, 0.25) is 5.91 Å². The maximum Gasteiger partial charge on any atom is 0.273 e. The largest absolute Gasteiger partial charge is 0.337 e. The van der Waals surface area contributed by atoms with Gasteiger partial charge >= 0.3 is 0 Å². The summed E-state index contributed by atoms with van der Waals surface area (Å²) in [6.45, 7) is 11.7. The quantitative estimate of drug-likeness (QED) is 0.527. The number of pyridine rings is 2. The van der Waals surface area contributed by atoms with Crippen LogP contribution in [0.4, 0.5) is 10.2 Å². The minimum atomic E-state index is -1.08. The van der Waals surface area contributed by atoms with Crippen molar-refractivity contribution in [3.8, 4) is 0 Å². The smallest absolute Gasteiger partial charge is 0.273 e. The van der Waals surface area contributed by atoms with Crippen LogP contribution in [0.1, 0.15) is 62.5 Å². The van der Waals surface area contributed by atoms with Gasteiger partial charge < -0.3 is 10.2 Å². The van der Waals surface area contributed by atoms with Gasteiger partial charge in [0.1, 0.15) is 17.7 Å². The van der Waals surface area contributed by atoms with E-state index in [1.807, 2.05) is 26.0 Å². The molecular formula is C27H31FN4O2. The summed E-state index contributed by atoms with van der Waals surface area (Å²) in [6, 6.07) is 3.57. The van der Waals surface area contributed by atoms with E-state index >= 15 is 0 Å². The van der Waals surface area contributed by atoms with Crippen LogP contribution in [0, 0.1) is 5.92 Å². The number of amides is 2. The third kappa shape index (κ3) is 4.93. The number of rotatable bonds is 8. The first-order chi connectivity index (χ1) is 16.3. The lowest BCUT2D eigenvalue weighted by atomic mass is 9.93. The van der Waals surface area contributed by atoms with E-state index in [0.29, 0.717) is 30.1 Å². The molecule has 0 aromatic carbocycles. The molecule has 2 atom stereocenters. The first-order valence-corrected chi connectivity index (χ1v) is 11.9. The molecule has 2 aromatic heterocycles. The van der Waals surface area contributed by atoms with Crippen molar-refractivity contribution in [2.24, 2.45) is 5.92 Å². The van der Waals surface area contributed by atoms with Gasteiger partial charge in [0.05, 0.1) is 11.4 Å². The van der Waals surface area contributed by atoms with E-state index in [9.17, 15) is 14.0 Å². The highest BCUT2D eigenvalue weighted by Crippen LogP contribution is 2.35. The number of fused-ring (bicyclic) bond motifs is 1. The number of hydrogen-bond acceptors (Lipinski definition) is 4. The van der Waals surface area contributed by atoms with E-state index in [1.165, 1.54) is 0 Å². The topological polar surface area (TPSA) is 75.2 Å². The van der Waals surface area contributed by atoms with Crippen molar-refractivity contribution in [1.29, 1.82) is 0 Å². The zero-order valence-corrected chi connectivity index (χ0v) is 20.0. The lowest BCUT2D eigenvalue weighted by Crippen LogP contribution is -2.42. The summed E-state index contributed by atoms with van der Waals surface area (Å²) < 4.78 is 13.2. The Kier molecular flexibility index (Phi) is 6.91. The van der Waals surface area contributed by atoms with Crippen LogP contribution in [-0.4, -0.2) is 45.9 Å². The third-order valence-electron chi connectivity index (χ3n) is 6.34. The summed E-state index contributed by atoms with van der Waals surface area (Å²) in [5.41, 5.74) is 4.66. The molecule has 2 fully saturated rings. The molecule has 1 aliphatic carbocycles. The first-order valence-electron chi connectivity index (χ1n) is 11.9. The summed E-state index contributed by atoms with van der Waals surface area (Å²) in [4.78, 5) is 36.3. The Labute approximate surface area is 199 Å². The molecule has 2 aromatic rings. The Bertz CT molecular complexity index is 1210. The second kappa shape index (κ2) is 9.87. The van der Waals surface area contributed by atoms with Crippen molar-refractivity contribution in [2.75, 3.05) is 18.4 Å². The zero-order chi connectivity index (χ0) is 24.4. The standard InChI is InChI=1S/C27H31FN4O2/c1-5-8-16(3)11-17(4)19(6-2)20-12-18-15-29-24(31-26(33)21-13-22(21)28)14-23(18)30-25(20)27(34)32-9-7-10-32/h6,11-12,14-15,21-22H,3,5,7-10,13H2,1-2,4H3,(H,29,31,33)/b17-11-,19-6+. The number of halogens is 1. The van der Waals surface area contributed by atoms with E-state index in [2.05, 4.69) is 29.9 Å². The van der Waals surface area contributed by atoms with Gasteiger partial charge in [-0.15, -0.1) is 0 Å². The average Bonchev–Trinajstić information content (AvgIpc) is 3.49. The number of alkyl halides is 1. The fourth-order valence-corrected chi connectivity index (χ4v) is 4.20. The Hall–Kier alpha value is -3.35. The van der Waals surface area contributed by atoms with Gasteiger partial charge in [-0.1, -0.05) is 37.6 Å². The molecule has 7 heteroatoms. The van der Waals surface area contributed by atoms with Crippen LogP contribution in [0.2, 0.25) is 0 Å². The molecule has 0 bridgehead atoms. The van der Waals surface area contributed by atoms with Crippen LogP contribution in [0.25, 0.3) is 16.5 Å². The SMILES string of the molecule is C=C(/C=C(C)\C(=C/C)c1cc2cnc(NC(=O)C3CC3F)cc2nc1C(=O)N1CCC1)CCC. The van der Waals surface area contributed by atoms with Crippen molar-refractivity contribution in [3.63, 3.8) is 0 Å². The Morgan fingerprint density at radius 1 is 1.32 bits per heavy atom. The number of nitrogens with one attached hydrogen (secondary N) is 1. The molecule has 2 amide bonds. The number of carbonyl (C=O) groups excluding carboxylic acids is 2. The highest BCUT2D eigenvalue weighted by Gasteiger charge is 2.43. The van der Waals surface area contributed by atoms with Crippen molar-refractivity contribution >= 4 is 34.1 Å². The second-order valence-corrected chi connectivity index (χ2v) is 9.08. The summed E-state index contributed by atoms with van der Waals surface area (Å²) in [6.07, 6.45) is 7.76. The summed E-state index contributed by atoms with van der Waals surface area (Å²) in [5, 5.41) is 3.42. The normalized spacial score (nSPS) is 20.2. The van der Waals surface area contributed by atoms with Crippen LogP contribution in [0.5, 0.6) is 0 Å². The van der Waals surface area contributed by atoms with Gasteiger partial charge in [0.25, 0.3) is 5.91 Å². The molecule has 34 heavy (non-hydrogen) atoms. The fourth-order valence-electron chi connectivity index (χ4n) is 4.20. The average molecular weight is 463 g/mol. The van der Waals surface area contributed by atoms with Crippen molar-refractivity contribution in [1.82, 2.24) is 14.9 Å². The van der Waals surface area contributed by atoms with Crippen LogP contribution < -0.4 is 5.32 Å². The Balaban J connectivity index is 1.75. The van der Waals surface area contributed by atoms with Gasteiger partial charge in [-0.2, -0.15) is 0 Å². The maximum atomic E-state index is 13.3. The van der Waals surface area contributed by atoms with E-state index in [0.717, 1.165) is 46.9 Å². The third-order valence-corrected chi connectivity index (χ3v) is 6.34. The number of hydrogen-bond donors (Lipinski definition) is 1. The van der Waals surface area contributed by atoms with Gasteiger partial charge in [-0.25, -0.2) is 14.4 Å². The van der Waals surface area contributed by atoms with Gasteiger partial charge in [-0.05, 0) is 50.3 Å². The van der Waals surface area contributed by atoms with Crippen LogP contribution in [-0.2, 0) is 4.79 Å². The Morgan fingerprint density at radius 2 is 2.06 bits per heavy atom. The minimum absolute atomic E-state index is 0.108. The van der Waals surface area contributed by atoms with Crippen molar-refractivity contribution < 1.29 is 14.0 Å². The molecular weight excluding hydrogens is 431 g/mol. The lowest BCUT2D eigenvalue weighted by Gasteiger charge is -2.31. The molecule has 1 saturated carbocycles. The molecule has 3 heterocycles. The molecule has 2 aliphatic rings. The molecule has 6 nitrogen and oxygen atoms in total. The first kappa shape index (κ1) is 23.8. The molecule has 0 spiro atoms. The zero-order valence-electron chi connectivity index (χ0n) is 20.0. The summed E-state index contributed by atoms with van der Waals surface area (Å²) in [5.74, 6) is -0.788. The fraction of sp³-hybridized carbons (Fsp3) is 0.407. The number of carbonyl (C=O) groups is 2. The molecule has 1 aliphatic heterocycles. The van der Waals surface area contributed by atoms with Gasteiger partial charge in [0, 0.05) is 36.3 Å².